The molecule has 2 aromatic heterocycles. The molecule has 0 bridgehead atoms. The highest BCUT2D eigenvalue weighted by Gasteiger charge is 2.32. The molecule has 1 atom stereocenters. The number of amides is 1. The van der Waals surface area contributed by atoms with Crippen LogP contribution in [0.15, 0.2) is 12.3 Å². The molecule has 8 nitrogen and oxygen atoms in total. The molecule has 8 heteroatoms. The minimum absolute atomic E-state index is 0.202. The van der Waals surface area contributed by atoms with Crippen LogP contribution in [0.4, 0.5) is 5.82 Å². The van der Waals surface area contributed by atoms with Gasteiger partial charge in [0.05, 0.1) is 25.3 Å². The number of aromatic nitrogens is 2. The molecule has 0 aromatic carbocycles. The van der Waals surface area contributed by atoms with Crippen LogP contribution >= 0.6 is 0 Å². The Kier molecular flexibility index (Phi) is 5.76. The predicted molar refractivity (Wildman–Crippen MR) is 129 cm³/mol. The van der Waals surface area contributed by atoms with E-state index in [1.807, 2.05) is 6.20 Å². The molecule has 3 aliphatic heterocycles. The zero-order valence-corrected chi connectivity index (χ0v) is 19.8. The van der Waals surface area contributed by atoms with Crippen LogP contribution in [0.25, 0.3) is 10.9 Å². The van der Waals surface area contributed by atoms with Crippen molar-refractivity contribution in [3.05, 3.63) is 23.5 Å². The SMILES string of the molecule is CC1c2[nH]c3cc(N4CCOCC4)ncc3c2CCN1CC(=O)N1CCN(C2CCC2)CC1. The summed E-state index contributed by atoms with van der Waals surface area (Å²) in [6.07, 6.45) is 7.05. The maximum Gasteiger partial charge on any atom is 0.236 e. The minimum atomic E-state index is 0.202. The second kappa shape index (κ2) is 8.89. The molecule has 1 saturated carbocycles. The van der Waals surface area contributed by atoms with Crippen LogP contribution in [0.5, 0.6) is 0 Å². The second-order valence-electron chi connectivity index (χ2n) is 10.1. The lowest BCUT2D eigenvalue weighted by Crippen LogP contribution is -2.55. The molecule has 1 N–H and O–H groups in total. The lowest BCUT2D eigenvalue weighted by Gasteiger charge is -2.43. The number of hydrogen-bond donors (Lipinski definition) is 1. The summed E-state index contributed by atoms with van der Waals surface area (Å²) in [5.41, 5.74) is 3.78. The Hall–Kier alpha value is -2.16. The number of rotatable bonds is 4. The van der Waals surface area contributed by atoms with Gasteiger partial charge in [0.2, 0.25) is 5.91 Å². The summed E-state index contributed by atoms with van der Waals surface area (Å²) in [5, 5.41) is 1.23. The molecule has 4 aliphatic rings. The third-order valence-electron chi connectivity index (χ3n) is 8.36. The van der Waals surface area contributed by atoms with Gasteiger partial charge in [-0.25, -0.2) is 4.98 Å². The van der Waals surface area contributed by atoms with Crippen LogP contribution < -0.4 is 4.90 Å². The first-order valence-electron chi connectivity index (χ1n) is 12.8. The van der Waals surface area contributed by atoms with Crippen molar-refractivity contribution < 1.29 is 9.53 Å². The summed E-state index contributed by atoms with van der Waals surface area (Å²) in [6.45, 7) is 10.8. The Morgan fingerprint density at radius 3 is 2.64 bits per heavy atom. The van der Waals surface area contributed by atoms with Crippen LogP contribution in [0, 0.1) is 0 Å². The summed E-state index contributed by atoms with van der Waals surface area (Å²) in [6, 6.07) is 3.17. The van der Waals surface area contributed by atoms with Gasteiger partial charge in [-0.3, -0.25) is 14.6 Å². The number of fused-ring (bicyclic) bond motifs is 3. The number of H-pyrrole nitrogens is 1. The average Bonchev–Trinajstić information content (AvgIpc) is 3.19. The van der Waals surface area contributed by atoms with Crippen LogP contribution in [-0.4, -0.2) is 102 Å². The quantitative estimate of drug-likeness (QED) is 0.766. The zero-order valence-electron chi connectivity index (χ0n) is 19.8. The first-order chi connectivity index (χ1) is 16.2. The molecular weight excluding hydrogens is 416 g/mol. The summed E-state index contributed by atoms with van der Waals surface area (Å²) < 4.78 is 5.48. The van der Waals surface area contributed by atoms with E-state index in [1.54, 1.807) is 0 Å². The summed E-state index contributed by atoms with van der Waals surface area (Å²) in [5.74, 6) is 1.30. The Labute approximate surface area is 195 Å². The number of nitrogens with one attached hydrogen (secondary N) is 1. The summed E-state index contributed by atoms with van der Waals surface area (Å²) in [7, 11) is 0. The topological polar surface area (TPSA) is 67.9 Å². The Morgan fingerprint density at radius 1 is 1.12 bits per heavy atom. The van der Waals surface area contributed by atoms with Crippen molar-refractivity contribution in [3.8, 4) is 0 Å². The van der Waals surface area contributed by atoms with Gasteiger partial charge in [-0.2, -0.15) is 0 Å². The van der Waals surface area contributed by atoms with E-state index in [-0.39, 0.29) is 11.9 Å². The van der Waals surface area contributed by atoms with Crippen molar-refractivity contribution in [1.82, 2.24) is 24.7 Å². The molecule has 1 amide bonds. The minimum Gasteiger partial charge on any atom is -0.378 e. The van der Waals surface area contributed by atoms with Crippen LogP contribution in [0.1, 0.15) is 43.5 Å². The van der Waals surface area contributed by atoms with E-state index in [2.05, 4.69) is 37.6 Å². The normalized spacial score (nSPS) is 25.3. The molecule has 178 valence electrons. The Morgan fingerprint density at radius 2 is 1.91 bits per heavy atom. The largest absolute Gasteiger partial charge is 0.378 e. The third-order valence-corrected chi connectivity index (χ3v) is 8.36. The highest BCUT2D eigenvalue weighted by atomic mass is 16.5. The van der Waals surface area contributed by atoms with Gasteiger partial charge < -0.3 is 19.5 Å². The third kappa shape index (κ3) is 4.02. The van der Waals surface area contributed by atoms with Gasteiger partial charge in [-0.15, -0.1) is 0 Å². The van der Waals surface area contributed by atoms with Gasteiger partial charge >= 0.3 is 0 Å². The lowest BCUT2D eigenvalue weighted by atomic mass is 9.91. The highest BCUT2D eigenvalue weighted by molar-refractivity contribution is 5.86. The van der Waals surface area contributed by atoms with Crippen molar-refractivity contribution in [2.24, 2.45) is 0 Å². The highest BCUT2D eigenvalue weighted by Crippen LogP contribution is 2.35. The average molecular weight is 453 g/mol. The molecule has 2 aromatic rings. The van der Waals surface area contributed by atoms with Crippen molar-refractivity contribution >= 4 is 22.6 Å². The number of anilines is 1. The summed E-state index contributed by atoms with van der Waals surface area (Å²) in [4.78, 5) is 30.9. The number of hydrogen-bond acceptors (Lipinski definition) is 6. The number of morpholine rings is 1. The van der Waals surface area contributed by atoms with Gasteiger partial charge in [0.25, 0.3) is 0 Å². The number of ether oxygens (including phenoxy) is 1. The smallest absolute Gasteiger partial charge is 0.236 e. The molecule has 1 aliphatic carbocycles. The van der Waals surface area contributed by atoms with Crippen molar-refractivity contribution in [2.45, 2.75) is 44.7 Å². The number of nitrogens with zero attached hydrogens (tertiary/aromatic N) is 5. The van der Waals surface area contributed by atoms with E-state index in [4.69, 9.17) is 9.72 Å². The molecule has 0 radical (unpaired) electrons. The van der Waals surface area contributed by atoms with Crippen molar-refractivity contribution in [2.75, 3.05) is 70.5 Å². The van der Waals surface area contributed by atoms with Crippen LogP contribution in [0.2, 0.25) is 0 Å². The number of aromatic amines is 1. The number of carbonyl (C=O) groups is 1. The Balaban J connectivity index is 1.12. The van der Waals surface area contributed by atoms with Gasteiger partial charge in [0.15, 0.2) is 0 Å². The van der Waals surface area contributed by atoms with Gasteiger partial charge in [-0.1, -0.05) is 6.42 Å². The zero-order chi connectivity index (χ0) is 22.4. The number of piperazine rings is 1. The number of carbonyl (C=O) groups excluding carboxylic acids is 1. The molecule has 33 heavy (non-hydrogen) atoms. The van der Waals surface area contributed by atoms with Crippen LogP contribution in [-0.2, 0) is 16.0 Å². The van der Waals surface area contributed by atoms with Crippen molar-refractivity contribution in [1.29, 1.82) is 0 Å². The molecule has 2 saturated heterocycles. The number of pyridine rings is 1. The molecular formula is C25H36N6O2. The van der Waals surface area contributed by atoms with Gasteiger partial charge in [0, 0.05) is 81.2 Å². The molecule has 0 spiro atoms. The van der Waals surface area contributed by atoms with E-state index >= 15 is 0 Å². The lowest BCUT2D eigenvalue weighted by molar-refractivity contribution is -0.135. The first-order valence-corrected chi connectivity index (χ1v) is 12.8. The molecule has 6 rings (SSSR count). The maximum atomic E-state index is 13.1. The van der Waals surface area contributed by atoms with Crippen molar-refractivity contribution in [3.63, 3.8) is 0 Å². The second-order valence-corrected chi connectivity index (χ2v) is 10.1. The van der Waals surface area contributed by atoms with E-state index in [1.165, 1.54) is 35.9 Å². The summed E-state index contributed by atoms with van der Waals surface area (Å²) >= 11 is 0. The van der Waals surface area contributed by atoms with Gasteiger partial charge in [0.1, 0.15) is 5.82 Å². The monoisotopic (exact) mass is 452 g/mol. The fourth-order valence-electron chi connectivity index (χ4n) is 5.95. The maximum absolute atomic E-state index is 13.1. The van der Waals surface area contributed by atoms with Crippen LogP contribution in [0.3, 0.4) is 0 Å². The standard InChI is InChI=1S/C25H36N6O2/c1-18-25-20(21-16-26-23(15-22(21)27-25)29-11-13-33-14-12-29)5-6-31(18)17-24(32)30-9-7-28(8-10-30)19-3-2-4-19/h15-16,18-19,27H,2-14,17H2,1H3. The fraction of sp³-hybridized carbons (Fsp3) is 0.680. The fourth-order valence-corrected chi connectivity index (χ4v) is 5.95. The molecule has 1 unspecified atom stereocenters. The van der Waals surface area contributed by atoms with E-state index in [0.29, 0.717) is 6.54 Å². The van der Waals surface area contributed by atoms with E-state index in [0.717, 1.165) is 82.8 Å². The molecule has 3 fully saturated rings. The first kappa shape index (κ1) is 21.4. The van der Waals surface area contributed by atoms with E-state index in [9.17, 15) is 4.79 Å². The Bertz CT molecular complexity index is 1000. The van der Waals surface area contributed by atoms with Gasteiger partial charge in [-0.05, 0) is 31.7 Å². The predicted octanol–water partition coefficient (Wildman–Crippen LogP) is 2.02. The van der Waals surface area contributed by atoms with E-state index < -0.39 is 0 Å². The molecule has 5 heterocycles.